The van der Waals surface area contributed by atoms with Crippen LogP contribution in [-0.2, 0) is 6.54 Å². The van der Waals surface area contributed by atoms with E-state index in [0.29, 0.717) is 13.1 Å². The molecule has 0 bridgehead atoms. The Bertz CT molecular complexity index is 582. The molecule has 1 aromatic carbocycles. The predicted octanol–water partition coefficient (Wildman–Crippen LogP) is 1.61. The lowest BCUT2D eigenvalue weighted by molar-refractivity contribution is -0.274. The molecule has 1 amide bonds. The number of alkyl halides is 3. The van der Waals surface area contributed by atoms with E-state index in [2.05, 4.69) is 20.3 Å². The van der Waals surface area contributed by atoms with E-state index in [4.69, 9.17) is 0 Å². The van der Waals surface area contributed by atoms with Crippen LogP contribution in [0, 0.1) is 0 Å². The third-order valence-electron chi connectivity index (χ3n) is 2.41. The molecule has 6 nitrogen and oxygen atoms in total. The van der Waals surface area contributed by atoms with Crippen LogP contribution in [0.1, 0.15) is 10.4 Å². The van der Waals surface area contributed by atoms with E-state index in [-0.39, 0.29) is 11.3 Å². The molecule has 1 heterocycles. The van der Waals surface area contributed by atoms with Crippen LogP contribution in [-0.4, -0.2) is 33.8 Å². The van der Waals surface area contributed by atoms with Gasteiger partial charge in [-0.15, -0.1) is 13.2 Å². The number of carbonyl (C=O) groups excluding carboxylic acids is 1. The summed E-state index contributed by atoms with van der Waals surface area (Å²) in [5, 5.41) is 10.3. The van der Waals surface area contributed by atoms with Gasteiger partial charge in [0.1, 0.15) is 5.75 Å². The van der Waals surface area contributed by atoms with E-state index in [1.807, 2.05) is 0 Å². The number of rotatable bonds is 5. The van der Waals surface area contributed by atoms with Crippen molar-refractivity contribution in [3.63, 3.8) is 0 Å². The first kappa shape index (κ1) is 14.8. The van der Waals surface area contributed by atoms with Gasteiger partial charge in [-0.05, 0) is 24.3 Å². The smallest absolute Gasteiger partial charge is 0.406 e. The van der Waals surface area contributed by atoms with Crippen molar-refractivity contribution in [2.45, 2.75) is 12.9 Å². The molecule has 2 aromatic rings. The van der Waals surface area contributed by atoms with Gasteiger partial charge in [0.2, 0.25) is 0 Å². The second kappa shape index (κ2) is 6.25. The van der Waals surface area contributed by atoms with E-state index >= 15 is 0 Å². The number of nitrogens with one attached hydrogen (secondary N) is 1. The first-order valence-corrected chi connectivity index (χ1v) is 5.92. The highest BCUT2D eigenvalue weighted by Crippen LogP contribution is 2.22. The maximum atomic E-state index is 12.0. The van der Waals surface area contributed by atoms with Crippen molar-refractivity contribution in [2.75, 3.05) is 6.54 Å². The van der Waals surface area contributed by atoms with Gasteiger partial charge in [-0.2, -0.15) is 15.0 Å². The number of hydrogen-bond donors (Lipinski definition) is 1. The monoisotopic (exact) mass is 300 g/mol. The van der Waals surface area contributed by atoms with Crippen LogP contribution in [0.5, 0.6) is 5.75 Å². The van der Waals surface area contributed by atoms with E-state index in [0.717, 1.165) is 12.1 Å². The Kier molecular flexibility index (Phi) is 4.41. The molecular formula is C12H11F3N4O2. The summed E-state index contributed by atoms with van der Waals surface area (Å²) in [6, 6.07) is 4.67. The zero-order chi connectivity index (χ0) is 15.3. The average Bonchev–Trinajstić information content (AvgIpc) is 2.91. The van der Waals surface area contributed by atoms with Gasteiger partial charge in [0.15, 0.2) is 0 Å². The molecule has 1 N–H and O–H groups in total. The minimum Gasteiger partial charge on any atom is -0.406 e. The first-order valence-electron chi connectivity index (χ1n) is 5.92. The summed E-state index contributed by atoms with van der Waals surface area (Å²) in [5.74, 6) is -0.777. The fourth-order valence-corrected chi connectivity index (χ4v) is 1.54. The zero-order valence-electron chi connectivity index (χ0n) is 10.7. The second-order valence-corrected chi connectivity index (χ2v) is 3.95. The highest BCUT2D eigenvalue weighted by Gasteiger charge is 2.31. The summed E-state index contributed by atoms with van der Waals surface area (Å²) in [7, 11) is 0. The Labute approximate surface area is 117 Å². The maximum Gasteiger partial charge on any atom is 0.573 e. The first-order chi connectivity index (χ1) is 9.94. The van der Waals surface area contributed by atoms with Crippen LogP contribution in [0.2, 0.25) is 0 Å². The lowest BCUT2D eigenvalue weighted by Gasteiger charge is -2.09. The third-order valence-corrected chi connectivity index (χ3v) is 2.41. The molecule has 0 saturated heterocycles. The molecule has 0 aliphatic heterocycles. The third kappa shape index (κ3) is 4.79. The van der Waals surface area contributed by atoms with E-state index in [1.54, 1.807) is 0 Å². The Balaban J connectivity index is 1.85. The SMILES string of the molecule is O=C(NCCn1nccn1)c1ccc(OC(F)(F)F)cc1. The number of carbonyl (C=O) groups is 1. The fourth-order valence-electron chi connectivity index (χ4n) is 1.54. The summed E-state index contributed by atoms with van der Waals surface area (Å²) in [4.78, 5) is 13.1. The number of amides is 1. The van der Waals surface area contributed by atoms with Crippen molar-refractivity contribution in [3.05, 3.63) is 42.2 Å². The van der Waals surface area contributed by atoms with Gasteiger partial charge in [0.05, 0.1) is 18.9 Å². The van der Waals surface area contributed by atoms with Crippen LogP contribution in [0.25, 0.3) is 0 Å². The summed E-state index contributed by atoms with van der Waals surface area (Å²) < 4.78 is 39.7. The lowest BCUT2D eigenvalue weighted by atomic mass is 10.2. The molecule has 0 radical (unpaired) electrons. The van der Waals surface area contributed by atoms with Crippen molar-refractivity contribution in [2.24, 2.45) is 0 Å². The summed E-state index contributed by atoms with van der Waals surface area (Å²) >= 11 is 0. The second-order valence-electron chi connectivity index (χ2n) is 3.95. The highest BCUT2D eigenvalue weighted by atomic mass is 19.4. The number of aromatic nitrogens is 3. The standard InChI is InChI=1S/C12H11F3N4O2/c13-12(14,15)21-10-3-1-9(2-4-10)11(20)16-7-8-19-17-5-6-18-19/h1-6H,7-8H2,(H,16,20). The normalized spacial score (nSPS) is 11.2. The van der Waals surface area contributed by atoms with Gasteiger partial charge in [0.25, 0.3) is 5.91 Å². The quantitative estimate of drug-likeness (QED) is 0.911. The topological polar surface area (TPSA) is 69.0 Å². The lowest BCUT2D eigenvalue weighted by Crippen LogP contribution is -2.27. The molecule has 112 valence electrons. The van der Waals surface area contributed by atoms with E-state index < -0.39 is 12.3 Å². The van der Waals surface area contributed by atoms with Crippen molar-refractivity contribution in [3.8, 4) is 5.75 Å². The molecular weight excluding hydrogens is 289 g/mol. The summed E-state index contributed by atoms with van der Waals surface area (Å²) in [6.07, 6.45) is -1.72. The number of hydrogen-bond acceptors (Lipinski definition) is 4. The predicted molar refractivity (Wildman–Crippen MR) is 65.5 cm³/mol. The average molecular weight is 300 g/mol. The van der Waals surface area contributed by atoms with Gasteiger partial charge in [-0.1, -0.05) is 0 Å². The van der Waals surface area contributed by atoms with Crippen molar-refractivity contribution >= 4 is 5.91 Å². The molecule has 0 saturated carbocycles. The van der Waals surface area contributed by atoms with Crippen LogP contribution in [0.3, 0.4) is 0 Å². The molecule has 0 atom stereocenters. The van der Waals surface area contributed by atoms with E-state index in [9.17, 15) is 18.0 Å². The van der Waals surface area contributed by atoms with Gasteiger partial charge in [-0.25, -0.2) is 0 Å². The Morgan fingerprint density at radius 2 is 1.81 bits per heavy atom. The van der Waals surface area contributed by atoms with Crippen LogP contribution < -0.4 is 10.1 Å². The van der Waals surface area contributed by atoms with Gasteiger partial charge < -0.3 is 10.1 Å². The molecule has 2 rings (SSSR count). The Hall–Kier alpha value is -2.58. The molecule has 0 aliphatic rings. The molecule has 0 fully saturated rings. The molecule has 21 heavy (non-hydrogen) atoms. The number of halogens is 3. The minimum atomic E-state index is -4.75. The van der Waals surface area contributed by atoms with Gasteiger partial charge in [-0.3, -0.25) is 4.79 Å². The highest BCUT2D eigenvalue weighted by molar-refractivity contribution is 5.94. The number of nitrogens with zero attached hydrogens (tertiary/aromatic N) is 3. The molecule has 0 spiro atoms. The molecule has 0 unspecified atom stereocenters. The Morgan fingerprint density at radius 1 is 1.19 bits per heavy atom. The largest absolute Gasteiger partial charge is 0.573 e. The number of benzene rings is 1. The summed E-state index contributed by atoms with van der Waals surface area (Å²) in [5.41, 5.74) is 0.234. The summed E-state index contributed by atoms with van der Waals surface area (Å²) in [6.45, 7) is 0.697. The number of ether oxygens (including phenoxy) is 1. The van der Waals surface area contributed by atoms with Crippen molar-refractivity contribution in [1.82, 2.24) is 20.3 Å². The van der Waals surface area contributed by atoms with Crippen LogP contribution in [0.15, 0.2) is 36.7 Å². The molecule has 9 heteroatoms. The van der Waals surface area contributed by atoms with Crippen LogP contribution >= 0.6 is 0 Å². The van der Waals surface area contributed by atoms with E-state index in [1.165, 1.54) is 29.3 Å². The van der Waals surface area contributed by atoms with Crippen LogP contribution in [0.4, 0.5) is 13.2 Å². The van der Waals surface area contributed by atoms with Gasteiger partial charge in [0, 0.05) is 12.1 Å². The zero-order valence-corrected chi connectivity index (χ0v) is 10.7. The van der Waals surface area contributed by atoms with Gasteiger partial charge >= 0.3 is 6.36 Å². The minimum absolute atomic E-state index is 0.234. The molecule has 1 aromatic heterocycles. The maximum absolute atomic E-state index is 12.0. The Morgan fingerprint density at radius 3 is 2.38 bits per heavy atom. The van der Waals surface area contributed by atoms with Crippen molar-refractivity contribution in [1.29, 1.82) is 0 Å². The molecule has 0 aliphatic carbocycles. The fraction of sp³-hybridized carbons (Fsp3) is 0.250. The van der Waals surface area contributed by atoms with Crippen molar-refractivity contribution < 1.29 is 22.7 Å².